The average Bonchev–Trinajstić information content (AvgIpc) is 2.37. The predicted octanol–water partition coefficient (Wildman–Crippen LogP) is 3.46. The highest BCUT2D eigenvalue weighted by Crippen LogP contribution is 2.15. The van der Waals surface area contributed by atoms with Gasteiger partial charge in [-0.3, -0.25) is 4.79 Å². The number of amides is 2. The van der Waals surface area contributed by atoms with E-state index in [1.807, 2.05) is 22.6 Å². The Morgan fingerprint density at radius 3 is 2.39 bits per heavy atom. The molecule has 128 valence electrons. The first kappa shape index (κ1) is 19.7. The normalized spacial score (nSPS) is 11.8. The molecule has 0 saturated carbocycles. The van der Waals surface area contributed by atoms with Crippen molar-refractivity contribution >= 4 is 34.6 Å². The number of benzene rings is 1. The summed E-state index contributed by atoms with van der Waals surface area (Å²) in [6.45, 7) is 9.00. The Bertz CT molecular complexity index is 597. The van der Waals surface area contributed by atoms with Crippen LogP contribution in [-0.2, 0) is 4.74 Å². The van der Waals surface area contributed by atoms with Crippen molar-refractivity contribution in [3.8, 4) is 0 Å². The monoisotopic (exact) mass is 436 g/mol. The number of nitrogens with one attached hydrogen (secondary N) is 2. The van der Waals surface area contributed by atoms with E-state index < -0.39 is 29.0 Å². The summed E-state index contributed by atoms with van der Waals surface area (Å²) < 4.78 is 19.1. The van der Waals surface area contributed by atoms with Gasteiger partial charge < -0.3 is 15.4 Å². The predicted molar refractivity (Wildman–Crippen MR) is 94.9 cm³/mol. The van der Waals surface area contributed by atoms with Crippen LogP contribution >= 0.6 is 22.6 Å². The summed E-state index contributed by atoms with van der Waals surface area (Å²) in [4.78, 5) is 23.9. The lowest BCUT2D eigenvalue weighted by molar-refractivity contribution is 0.0509. The van der Waals surface area contributed by atoms with E-state index in [1.165, 1.54) is 18.2 Å². The second kappa shape index (κ2) is 7.46. The summed E-state index contributed by atoms with van der Waals surface area (Å²) >= 11 is 1.97. The third kappa shape index (κ3) is 7.15. The van der Waals surface area contributed by atoms with Crippen molar-refractivity contribution in [2.75, 3.05) is 6.54 Å². The van der Waals surface area contributed by atoms with Gasteiger partial charge in [-0.2, -0.15) is 0 Å². The second-order valence-corrected chi connectivity index (χ2v) is 7.98. The van der Waals surface area contributed by atoms with Gasteiger partial charge in [0.1, 0.15) is 11.4 Å². The smallest absolute Gasteiger partial charge is 0.407 e. The topological polar surface area (TPSA) is 67.4 Å². The van der Waals surface area contributed by atoms with Crippen LogP contribution in [0.15, 0.2) is 18.2 Å². The number of carbonyl (C=O) groups is 2. The van der Waals surface area contributed by atoms with Gasteiger partial charge in [0.05, 0.1) is 11.1 Å². The summed E-state index contributed by atoms with van der Waals surface area (Å²) in [6, 6.07) is 4.03. The summed E-state index contributed by atoms with van der Waals surface area (Å²) in [5.41, 5.74) is -1.05. The molecule has 0 aromatic heterocycles. The zero-order valence-corrected chi connectivity index (χ0v) is 16.1. The van der Waals surface area contributed by atoms with Gasteiger partial charge in [0, 0.05) is 10.1 Å². The van der Waals surface area contributed by atoms with Crippen LogP contribution in [-0.4, -0.2) is 29.7 Å². The molecule has 0 aliphatic rings. The molecule has 0 spiro atoms. The largest absolute Gasteiger partial charge is 0.444 e. The van der Waals surface area contributed by atoms with Crippen molar-refractivity contribution in [3.63, 3.8) is 0 Å². The van der Waals surface area contributed by atoms with Gasteiger partial charge in [0.2, 0.25) is 0 Å². The van der Waals surface area contributed by atoms with Crippen LogP contribution in [0, 0.1) is 9.39 Å². The molecular formula is C16H22FIN2O3. The average molecular weight is 436 g/mol. The maximum atomic E-state index is 13.3. The molecule has 1 aromatic rings. The van der Waals surface area contributed by atoms with Crippen molar-refractivity contribution in [2.24, 2.45) is 0 Å². The molecule has 7 heteroatoms. The van der Waals surface area contributed by atoms with Crippen molar-refractivity contribution in [1.29, 1.82) is 0 Å². The quantitative estimate of drug-likeness (QED) is 0.711. The fourth-order valence-corrected chi connectivity index (χ4v) is 2.28. The molecule has 0 aliphatic heterocycles. The Morgan fingerprint density at radius 1 is 1.22 bits per heavy atom. The van der Waals surface area contributed by atoms with Crippen LogP contribution in [0.4, 0.5) is 9.18 Å². The summed E-state index contributed by atoms with van der Waals surface area (Å²) in [7, 11) is 0. The minimum absolute atomic E-state index is 0.180. The van der Waals surface area contributed by atoms with Crippen LogP contribution in [0.5, 0.6) is 0 Å². The summed E-state index contributed by atoms with van der Waals surface area (Å²) in [5, 5.41) is 5.39. The first-order valence-electron chi connectivity index (χ1n) is 7.14. The first-order valence-corrected chi connectivity index (χ1v) is 8.22. The van der Waals surface area contributed by atoms with Gasteiger partial charge in [0.25, 0.3) is 5.91 Å². The number of halogens is 2. The number of ether oxygens (including phenoxy) is 1. The van der Waals surface area contributed by atoms with Gasteiger partial charge in [0.15, 0.2) is 0 Å². The fourth-order valence-electron chi connectivity index (χ4n) is 1.70. The molecule has 2 N–H and O–H groups in total. The van der Waals surface area contributed by atoms with Crippen LogP contribution in [0.25, 0.3) is 0 Å². The van der Waals surface area contributed by atoms with Crippen molar-refractivity contribution < 1.29 is 18.7 Å². The molecule has 0 aliphatic carbocycles. The zero-order valence-electron chi connectivity index (χ0n) is 13.9. The lowest BCUT2D eigenvalue weighted by Crippen LogP contribution is -2.52. The van der Waals surface area contributed by atoms with E-state index in [9.17, 15) is 14.0 Å². The number of carbonyl (C=O) groups excluding carboxylic acids is 2. The third-order valence-corrected chi connectivity index (χ3v) is 3.64. The first-order chi connectivity index (χ1) is 10.4. The molecule has 0 saturated heterocycles. The highest BCUT2D eigenvalue weighted by molar-refractivity contribution is 14.1. The van der Waals surface area contributed by atoms with Gasteiger partial charge >= 0.3 is 6.09 Å². The van der Waals surface area contributed by atoms with Gasteiger partial charge in [-0.05, 0) is 75.4 Å². The van der Waals surface area contributed by atoms with E-state index in [-0.39, 0.29) is 12.1 Å². The molecule has 0 radical (unpaired) electrons. The summed E-state index contributed by atoms with van der Waals surface area (Å²) in [6.07, 6.45) is -0.555. The maximum Gasteiger partial charge on any atom is 0.407 e. The number of hydrogen-bond acceptors (Lipinski definition) is 3. The molecule has 0 heterocycles. The Hall–Kier alpha value is -1.38. The number of hydrogen-bond donors (Lipinski definition) is 2. The summed E-state index contributed by atoms with van der Waals surface area (Å²) in [5.74, 6) is -0.870. The highest BCUT2D eigenvalue weighted by Gasteiger charge is 2.24. The molecule has 5 nitrogen and oxygen atoms in total. The molecule has 0 unspecified atom stereocenters. The Labute approximate surface area is 149 Å². The van der Waals surface area contributed by atoms with Gasteiger partial charge in [-0.15, -0.1) is 0 Å². The van der Waals surface area contributed by atoms with Crippen molar-refractivity contribution in [3.05, 3.63) is 33.1 Å². The Balaban J connectivity index is 2.65. The molecule has 1 rings (SSSR count). The van der Waals surface area contributed by atoms with E-state index >= 15 is 0 Å². The minimum atomic E-state index is -0.719. The van der Waals surface area contributed by atoms with Crippen LogP contribution < -0.4 is 10.6 Å². The molecule has 0 bridgehead atoms. The Morgan fingerprint density at radius 2 is 1.83 bits per heavy atom. The van der Waals surface area contributed by atoms with Gasteiger partial charge in [-0.1, -0.05) is 0 Å². The molecule has 0 atom stereocenters. The van der Waals surface area contributed by atoms with E-state index in [2.05, 4.69) is 10.6 Å². The van der Waals surface area contributed by atoms with Crippen molar-refractivity contribution in [2.45, 2.75) is 45.8 Å². The van der Waals surface area contributed by atoms with Crippen LogP contribution in [0.2, 0.25) is 0 Å². The van der Waals surface area contributed by atoms with Crippen LogP contribution in [0.3, 0.4) is 0 Å². The SMILES string of the molecule is CC(C)(CNC(=O)OC(C)(C)C)NC(=O)c1cc(F)ccc1I. The highest BCUT2D eigenvalue weighted by atomic mass is 127. The van der Waals surface area contributed by atoms with E-state index in [1.54, 1.807) is 34.6 Å². The van der Waals surface area contributed by atoms with Gasteiger partial charge in [-0.25, -0.2) is 9.18 Å². The molecule has 23 heavy (non-hydrogen) atoms. The lowest BCUT2D eigenvalue weighted by Gasteiger charge is -2.28. The zero-order chi connectivity index (χ0) is 17.8. The number of alkyl carbamates (subject to hydrolysis) is 1. The standard InChI is InChI=1S/C16H22FIN2O3/c1-15(2,3)23-14(22)19-9-16(4,5)20-13(21)11-8-10(17)6-7-12(11)18/h6-8H,9H2,1-5H3,(H,19,22)(H,20,21). The van der Waals surface area contributed by atoms with E-state index in [0.29, 0.717) is 3.57 Å². The minimum Gasteiger partial charge on any atom is -0.444 e. The molecule has 2 amide bonds. The van der Waals surface area contributed by atoms with Crippen LogP contribution in [0.1, 0.15) is 45.0 Å². The fraction of sp³-hybridized carbons (Fsp3) is 0.500. The lowest BCUT2D eigenvalue weighted by atomic mass is 10.0. The molecule has 1 aromatic carbocycles. The van der Waals surface area contributed by atoms with E-state index in [0.717, 1.165) is 0 Å². The van der Waals surface area contributed by atoms with E-state index in [4.69, 9.17) is 4.74 Å². The molecule has 0 fully saturated rings. The van der Waals surface area contributed by atoms with Crippen molar-refractivity contribution in [1.82, 2.24) is 10.6 Å². The second-order valence-electron chi connectivity index (χ2n) is 6.82. The number of rotatable bonds is 4. The third-order valence-electron chi connectivity index (χ3n) is 2.70. The maximum absolute atomic E-state index is 13.3. The Kier molecular flexibility index (Phi) is 6.38. The molecular weight excluding hydrogens is 414 g/mol.